The van der Waals surface area contributed by atoms with E-state index < -0.39 is 17.7 Å². The number of nitriles is 1. The molecule has 0 amide bonds. The molecule has 0 aliphatic rings. The van der Waals surface area contributed by atoms with E-state index in [1.54, 1.807) is 6.07 Å². The molecule has 0 saturated carbocycles. The molecule has 0 saturated heterocycles. The van der Waals surface area contributed by atoms with Crippen LogP contribution >= 0.6 is 0 Å². The maximum absolute atomic E-state index is 12.9. The Morgan fingerprint density at radius 2 is 2.31 bits per heavy atom. The van der Waals surface area contributed by atoms with Gasteiger partial charge in [-0.2, -0.15) is 5.26 Å². The molecule has 0 bridgehead atoms. The average molecular weight is 183 g/mol. The topological polar surface area (TPSA) is 62.7 Å². The zero-order chi connectivity index (χ0) is 9.84. The summed E-state index contributed by atoms with van der Waals surface area (Å²) in [7, 11) is 0. The van der Waals surface area contributed by atoms with Crippen molar-refractivity contribution in [3.05, 3.63) is 29.6 Å². The molecule has 0 aromatic carbocycles. The minimum Gasteiger partial charge on any atom is -0.322 e. The Balaban J connectivity index is 2.96. The molecular formula is C8H7F2N3. The molecule has 5 heteroatoms. The van der Waals surface area contributed by atoms with Crippen LogP contribution in [0.15, 0.2) is 12.3 Å². The Bertz CT molecular complexity index is 346. The van der Waals surface area contributed by atoms with Gasteiger partial charge < -0.3 is 5.73 Å². The first kappa shape index (κ1) is 9.55. The van der Waals surface area contributed by atoms with Gasteiger partial charge in [-0.25, -0.2) is 8.78 Å². The van der Waals surface area contributed by atoms with Crippen LogP contribution in [0.5, 0.6) is 0 Å². The van der Waals surface area contributed by atoms with Gasteiger partial charge in [0, 0.05) is 6.07 Å². The van der Waals surface area contributed by atoms with Gasteiger partial charge in [-0.3, -0.25) is 4.98 Å². The SMILES string of the molecule is N#CC[C@H](N)c1ncc(F)cc1F. The summed E-state index contributed by atoms with van der Waals surface area (Å²) in [6.45, 7) is 0. The van der Waals surface area contributed by atoms with E-state index >= 15 is 0 Å². The summed E-state index contributed by atoms with van der Waals surface area (Å²) in [6.07, 6.45) is 0.825. The van der Waals surface area contributed by atoms with Crippen molar-refractivity contribution in [2.24, 2.45) is 5.73 Å². The molecule has 0 unspecified atom stereocenters. The molecule has 0 spiro atoms. The lowest BCUT2D eigenvalue weighted by Crippen LogP contribution is -2.13. The standard InChI is InChI=1S/C8H7F2N3/c9-5-3-6(10)8(13-4-5)7(12)1-2-11/h3-4,7H,1,12H2/t7-/m0/s1. The molecule has 1 heterocycles. The number of rotatable bonds is 2. The third-order valence-corrected chi connectivity index (χ3v) is 1.50. The summed E-state index contributed by atoms with van der Waals surface area (Å²) < 4.78 is 25.3. The lowest BCUT2D eigenvalue weighted by Gasteiger charge is -2.06. The highest BCUT2D eigenvalue weighted by molar-refractivity contribution is 5.13. The van der Waals surface area contributed by atoms with Crippen LogP contribution in [0.4, 0.5) is 8.78 Å². The van der Waals surface area contributed by atoms with E-state index in [9.17, 15) is 8.78 Å². The zero-order valence-corrected chi connectivity index (χ0v) is 6.67. The van der Waals surface area contributed by atoms with Gasteiger partial charge in [-0.15, -0.1) is 0 Å². The van der Waals surface area contributed by atoms with Crippen LogP contribution in [0.2, 0.25) is 0 Å². The quantitative estimate of drug-likeness (QED) is 0.751. The van der Waals surface area contributed by atoms with Crippen LogP contribution in [-0.4, -0.2) is 4.98 Å². The number of nitrogens with two attached hydrogens (primary N) is 1. The molecule has 1 rings (SSSR count). The predicted molar refractivity (Wildman–Crippen MR) is 41.3 cm³/mol. The Labute approximate surface area is 73.8 Å². The van der Waals surface area contributed by atoms with Crippen molar-refractivity contribution in [1.29, 1.82) is 5.26 Å². The van der Waals surface area contributed by atoms with Crippen molar-refractivity contribution < 1.29 is 8.78 Å². The van der Waals surface area contributed by atoms with Crippen LogP contribution in [0.1, 0.15) is 18.2 Å². The molecule has 0 fully saturated rings. The molecule has 2 N–H and O–H groups in total. The van der Waals surface area contributed by atoms with Crippen LogP contribution in [0.25, 0.3) is 0 Å². The van der Waals surface area contributed by atoms with Gasteiger partial charge in [0.2, 0.25) is 0 Å². The van der Waals surface area contributed by atoms with E-state index in [0.717, 1.165) is 6.20 Å². The van der Waals surface area contributed by atoms with Gasteiger partial charge in [0.1, 0.15) is 11.6 Å². The largest absolute Gasteiger partial charge is 0.322 e. The molecule has 1 atom stereocenters. The fraction of sp³-hybridized carbons (Fsp3) is 0.250. The van der Waals surface area contributed by atoms with Crippen LogP contribution in [0.3, 0.4) is 0 Å². The molecule has 1 aromatic rings. The van der Waals surface area contributed by atoms with Crippen molar-refractivity contribution in [2.45, 2.75) is 12.5 Å². The van der Waals surface area contributed by atoms with Gasteiger partial charge in [0.15, 0.2) is 0 Å². The van der Waals surface area contributed by atoms with Crippen molar-refractivity contribution in [1.82, 2.24) is 4.98 Å². The summed E-state index contributed by atoms with van der Waals surface area (Å²) in [5.74, 6) is -1.58. The summed E-state index contributed by atoms with van der Waals surface area (Å²) in [4.78, 5) is 3.47. The first-order chi connectivity index (χ1) is 6.15. The number of aromatic nitrogens is 1. The highest BCUT2D eigenvalue weighted by Gasteiger charge is 2.13. The van der Waals surface area contributed by atoms with E-state index in [0.29, 0.717) is 6.07 Å². The predicted octanol–water partition coefficient (Wildman–Crippen LogP) is 1.27. The third kappa shape index (κ3) is 2.20. The number of halogens is 2. The number of hydrogen-bond acceptors (Lipinski definition) is 3. The smallest absolute Gasteiger partial charge is 0.149 e. The zero-order valence-electron chi connectivity index (χ0n) is 6.67. The van der Waals surface area contributed by atoms with Crippen molar-refractivity contribution in [2.75, 3.05) is 0 Å². The lowest BCUT2D eigenvalue weighted by atomic mass is 10.1. The molecule has 3 nitrogen and oxygen atoms in total. The number of nitrogens with zero attached hydrogens (tertiary/aromatic N) is 2. The van der Waals surface area contributed by atoms with Gasteiger partial charge in [0.25, 0.3) is 0 Å². The van der Waals surface area contributed by atoms with Crippen molar-refractivity contribution >= 4 is 0 Å². The summed E-state index contributed by atoms with van der Waals surface area (Å²) in [6, 6.07) is 1.68. The van der Waals surface area contributed by atoms with Gasteiger partial charge >= 0.3 is 0 Å². The van der Waals surface area contributed by atoms with Gasteiger partial charge in [0.05, 0.1) is 30.4 Å². The second kappa shape index (κ2) is 3.92. The number of pyridine rings is 1. The first-order valence-corrected chi connectivity index (χ1v) is 3.58. The van der Waals surface area contributed by atoms with Crippen molar-refractivity contribution in [3.63, 3.8) is 0 Å². The average Bonchev–Trinajstić information content (AvgIpc) is 2.04. The maximum atomic E-state index is 12.9. The monoisotopic (exact) mass is 183 g/mol. The Kier molecular flexibility index (Phi) is 2.88. The second-order valence-electron chi connectivity index (χ2n) is 2.49. The van der Waals surface area contributed by atoms with E-state index in [2.05, 4.69) is 4.98 Å². The number of hydrogen-bond donors (Lipinski definition) is 1. The lowest BCUT2D eigenvalue weighted by molar-refractivity contribution is 0.538. The van der Waals surface area contributed by atoms with Crippen LogP contribution in [0, 0.1) is 23.0 Å². The van der Waals surface area contributed by atoms with Crippen molar-refractivity contribution in [3.8, 4) is 6.07 Å². The minimum atomic E-state index is -0.817. The Morgan fingerprint density at radius 3 is 2.85 bits per heavy atom. The molecule has 13 heavy (non-hydrogen) atoms. The molecule has 0 aliphatic carbocycles. The normalized spacial score (nSPS) is 12.2. The molecule has 1 aromatic heterocycles. The summed E-state index contributed by atoms with van der Waals surface area (Å²) >= 11 is 0. The summed E-state index contributed by atoms with van der Waals surface area (Å²) in [5, 5.41) is 8.29. The van der Waals surface area contributed by atoms with Crippen LogP contribution in [-0.2, 0) is 0 Å². The first-order valence-electron chi connectivity index (χ1n) is 3.58. The van der Waals surface area contributed by atoms with E-state index in [-0.39, 0.29) is 12.1 Å². The molecule has 0 aliphatic heterocycles. The van der Waals surface area contributed by atoms with Gasteiger partial charge in [-0.1, -0.05) is 0 Å². The summed E-state index contributed by atoms with van der Waals surface area (Å²) in [5.41, 5.74) is 5.33. The molecule has 0 radical (unpaired) electrons. The Hall–Kier alpha value is -1.54. The van der Waals surface area contributed by atoms with E-state index in [4.69, 9.17) is 11.0 Å². The molecular weight excluding hydrogens is 176 g/mol. The molecule has 68 valence electrons. The van der Waals surface area contributed by atoms with Gasteiger partial charge in [-0.05, 0) is 0 Å². The third-order valence-electron chi connectivity index (χ3n) is 1.50. The second-order valence-corrected chi connectivity index (χ2v) is 2.49. The fourth-order valence-corrected chi connectivity index (χ4v) is 0.893. The van der Waals surface area contributed by atoms with E-state index in [1.807, 2.05) is 0 Å². The van der Waals surface area contributed by atoms with E-state index in [1.165, 1.54) is 0 Å². The Morgan fingerprint density at radius 1 is 1.62 bits per heavy atom. The minimum absolute atomic E-state index is 0.0461. The maximum Gasteiger partial charge on any atom is 0.149 e. The van der Waals surface area contributed by atoms with Crippen LogP contribution < -0.4 is 5.73 Å². The highest BCUT2D eigenvalue weighted by atomic mass is 19.1. The highest BCUT2D eigenvalue weighted by Crippen LogP contribution is 2.15. The fourth-order valence-electron chi connectivity index (χ4n) is 0.893.